The molecule has 112 valence electrons. The van der Waals surface area contributed by atoms with Gasteiger partial charge >= 0.3 is 0 Å². The maximum absolute atomic E-state index is 13.9. The summed E-state index contributed by atoms with van der Waals surface area (Å²) in [6.45, 7) is 3.79. The van der Waals surface area contributed by atoms with Crippen LogP contribution in [0.15, 0.2) is 22.2 Å². The number of aromatic nitrogens is 4. The standard InChI is InChI=1S/C14H18FN5S/c1-8-6-13(11(7-12(8)15)9(2)16-3)21-14-17-18-19-20(14)10-4-5-10/h6-7,9-10,16H,4-5H2,1-3H3. The van der Waals surface area contributed by atoms with E-state index in [0.717, 1.165) is 28.5 Å². The van der Waals surface area contributed by atoms with Crippen molar-refractivity contribution in [3.63, 3.8) is 0 Å². The van der Waals surface area contributed by atoms with Crippen LogP contribution in [0.5, 0.6) is 0 Å². The third kappa shape index (κ3) is 2.94. The average molecular weight is 307 g/mol. The molecule has 1 heterocycles. The molecule has 1 atom stereocenters. The Labute approximate surface area is 127 Å². The van der Waals surface area contributed by atoms with Crippen molar-refractivity contribution in [1.82, 2.24) is 25.5 Å². The lowest BCUT2D eigenvalue weighted by atomic mass is 10.1. The first-order valence-corrected chi connectivity index (χ1v) is 7.85. The highest BCUT2D eigenvalue weighted by atomic mass is 32.2. The van der Waals surface area contributed by atoms with E-state index < -0.39 is 0 Å². The Morgan fingerprint density at radius 3 is 2.86 bits per heavy atom. The van der Waals surface area contributed by atoms with Crippen LogP contribution in [0.2, 0.25) is 0 Å². The fourth-order valence-corrected chi connectivity index (χ4v) is 3.29. The summed E-state index contributed by atoms with van der Waals surface area (Å²) >= 11 is 1.50. The summed E-state index contributed by atoms with van der Waals surface area (Å²) in [6, 6.07) is 3.96. The summed E-state index contributed by atoms with van der Waals surface area (Å²) in [5.74, 6) is -0.182. The number of hydrogen-bond acceptors (Lipinski definition) is 5. The van der Waals surface area contributed by atoms with E-state index in [1.54, 1.807) is 13.0 Å². The van der Waals surface area contributed by atoms with E-state index in [1.165, 1.54) is 11.8 Å². The van der Waals surface area contributed by atoms with Crippen molar-refractivity contribution in [1.29, 1.82) is 0 Å². The number of halogens is 1. The monoisotopic (exact) mass is 307 g/mol. The molecule has 1 aromatic heterocycles. The molecular weight excluding hydrogens is 289 g/mol. The molecule has 0 aliphatic heterocycles. The van der Waals surface area contributed by atoms with Gasteiger partial charge in [-0.15, -0.1) is 5.10 Å². The van der Waals surface area contributed by atoms with Crippen LogP contribution in [-0.2, 0) is 0 Å². The van der Waals surface area contributed by atoms with Crippen LogP contribution in [0.1, 0.15) is 43.0 Å². The second kappa shape index (κ2) is 5.73. The van der Waals surface area contributed by atoms with Crippen molar-refractivity contribution in [2.75, 3.05) is 7.05 Å². The molecule has 0 amide bonds. The highest BCUT2D eigenvalue weighted by Crippen LogP contribution is 2.39. The fraction of sp³-hybridized carbons (Fsp3) is 0.500. The molecule has 0 saturated heterocycles. The summed E-state index contributed by atoms with van der Waals surface area (Å²) < 4.78 is 15.7. The summed E-state index contributed by atoms with van der Waals surface area (Å²) in [5, 5.41) is 15.9. The van der Waals surface area contributed by atoms with Gasteiger partial charge in [-0.2, -0.15) is 0 Å². The summed E-state index contributed by atoms with van der Waals surface area (Å²) in [7, 11) is 1.87. The van der Waals surface area contributed by atoms with Gasteiger partial charge in [-0.3, -0.25) is 0 Å². The Morgan fingerprint density at radius 2 is 2.19 bits per heavy atom. The van der Waals surface area contributed by atoms with Gasteiger partial charge in [0.15, 0.2) is 0 Å². The zero-order valence-corrected chi connectivity index (χ0v) is 13.1. The lowest BCUT2D eigenvalue weighted by Crippen LogP contribution is -2.14. The number of hydrogen-bond donors (Lipinski definition) is 1. The van der Waals surface area contributed by atoms with E-state index in [1.807, 2.05) is 24.7 Å². The van der Waals surface area contributed by atoms with Gasteiger partial charge in [0.1, 0.15) is 5.82 Å². The van der Waals surface area contributed by atoms with Crippen LogP contribution >= 0.6 is 11.8 Å². The van der Waals surface area contributed by atoms with Crippen molar-refractivity contribution >= 4 is 11.8 Å². The number of benzene rings is 1. The first kappa shape index (κ1) is 14.5. The molecule has 1 unspecified atom stereocenters. The predicted molar refractivity (Wildman–Crippen MR) is 78.8 cm³/mol. The quantitative estimate of drug-likeness (QED) is 0.920. The normalized spacial score (nSPS) is 16.2. The molecule has 1 fully saturated rings. The molecule has 21 heavy (non-hydrogen) atoms. The minimum Gasteiger partial charge on any atom is -0.313 e. The highest BCUT2D eigenvalue weighted by molar-refractivity contribution is 7.99. The van der Waals surface area contributed by atoms with Crippen LogP contribution in [0, 0.1) is 12.7 Å². The minimum absolute atomic E-state index is 0.0628. The Morgan fingerprint density at radius 1 is 1.43 bits per heavy atom. The number of nitrogens with one attached hydrogen (secondary N) is 1. The lowest BCUT2D eigenvalue weighted by molar-refractivity contribution is 0.564. The number of aryl methyl sites for hydroxylation is 1. The number of tetrazole rings is 1. The van der Waals surface area contributed by atoms with Gasteiger partial charge in [0.2, 0.25) is 5.16 Å². The van der Waals surface area contributed by atoms with E-state index in [2.05, 4.69) is 20.8 Å². The Kier molecular flexibility index (Phi) is 3.95. The van der Waals surface area contributed by atoms with Crippen LogP contribution in [0.3, 0.4) is 0 Å². The molecule has 1 aliphatic carbocycles. The Hall–Kier alpha value is -1.47. The van der Waals surface area contributed by atoms with Gasteiger partial charge in [0.05, 0.1) is 6.04 Å². The fourth-order valence-electron chi connectivity index (χ4n) is 2.15. The van der Waals surface area contributed by atoms with E-state index in [4.69, 9.17) is 0 Å². The van der Waals surface area contributed by atoms with Crippen molar-refractivity contribution in [2.45, 2.75) is 48.8 Å². The predicted octanol–water partition coefficient (Wildman–Crippen LogP) is 2.89. The first-order valence-electron chi connectivity index (χ1n) is 7.03. The van der Waals surface area contributed by atoms with Crippen LogP contribution in [0.25, 0.3) is 0 Å². The van der Waals surface area contributed by atoms with Gasteiger partial charge in [-0.1, -0.05) is 0 Å². The Balaban J connectivity index is 1.96. The third-order valence-electron chi connectivity index (χ3n) is 3.75. The molecule has 1 saturated carbocycles. The Bertz CT molecular complexity index is 653. The minimum atomic E-state index is -0.182. The maximum Gasteiger partial charge on any atom is 0.214 e. The van der Waals surface area contributed by atoms with Crippen molar-refractivity contribution < 1.29 is 4.39 Å². The number of rotatable bonds is 5. The van der Waals surface area contributed by atoms with E-state index in [9.17, 15) is 4.39 Å². The van der Waals surface area contributed by atoms with Gasteiger partial charge in [0, 0.05) is 10.9 Å². The molecule has 1 aromatic carbocycles. The van der Waals surface area contributed by atoms with Crippen LogP contribution in [0.4, 0.5) is 4.39 Å². The molecule has 3 rings (SSSR count). The molecule has 0 spiro atoms. The zero-order valence-electron chi connectivity index (χ0n) is 12.3. The molecule has 2 aromatic rings. The zero-order chi connectivity index (χ0) is 15.0. The van der Waals surface area contributed by atoms with Crippen LogP contribution in [-0.4, -0.2) is 27.3 Å². The van der Waals surface area contributed by atoms with Crippen LogP contribution < -0.4 is 5.32 Å². The van der Waals surface area contributed by atoms with Gasteiger partial charge in [-0.25, -0.2) is 9.07 Å². The maximum atomic E-state index is 13.9. The molecule has 1 N–H and O–H groups in total. The third-order valence-corrected chi connectivity index (χ3v) is 4.77. The topological polar surface area (TPSA) is 55.6 Å². The highest BCUT2D eigenvalue weighted by Gasteiger charge is 2.28. The van der Waals surface area contributed by atoms with Gasteiger partial charge in [-0.05, 0) is 79.2 Å². The van der Waals surface area contributed by atoms with E-state index in [-0.39, 0.29) is 11.9 Å². The van der Waals surface area contributed by atoms with E-state index >= 15 is 0 Å². The summed E-state index contributed by atoms with van der Waals surface area (Å²) in [4.78, 5) is 0.993. The van der Waals surface area contributed by atoms with Gasteiger partial charge < -0.3 is 5.32 Å². The van der Waals surface area contributed by atoms with Crippen molar-refractivity contribution in [3.05, 3.63) is 29.1 Å². The largest absolute Gasteiger partial charge is 0.313 e. The summed E-state index contributed by atoms with van der Waals surface area (Å²) in [5.41, 5.74) is 1.56. The second-order valence-electron chi connectivity index (χ2n) is 5.39. The molecule has 5 nitrogen and oxygen atoms in total. The average Bonchev–Trinajstić information content (AvgIpc) is 3.22. The van der Waals surface area contributed by atoms with Gasteiger partial charge in [0.25, 0.3) is 0 Å². The lowest BCUT2D eigenvalue weighted by Gasteiger charge is -2.16. The summed E-state index contributed by atoms with van der Waals surface area (Å²) in [6.07, 6.45) is 2.25. The number of nitrogens with zero attached hydrogens (tertiary/aromatic N) is 4. The second-order valence-corrected chi connectivity index (χ2v) is 6.40. The SMILES string of the molecule is CNC(C)c1cc(F)c(C)cc1Sc1nnnn1C1CC1. The molecule has 1 aliphatic rings. The molecule has 7 heteroatoms. The smallest absolute Gasteiger partial charge is 0.214 e. The van der Waals surface area contributed by atoms with Crippen molar-refractivity contribution in [2.24, 2.45) is 0 Å². The molecule has 0 bridgehead atoms. The molecule has 0 radical (unpaired) electrons. The van der Waals surface area contributed by atoms with E-state index in [0.29, 0.717) is 11.6 Å². The molecular formula is C14H18FN5S. The first-order chi connectivity index (χ1) is 10.1. The van der Waals surface area contributed by atoms with Crippen molar-refractivity contribution in [3.8, 4) is 0 Å².